The third kappa shape index (κ3) is 1.86. The number of rotatable bonds is 2. The number of hydrogen-bond acceptors (Lipinski definition) is 1. The van der Waals surface area contributed by atoms with Crippen LogP contribution < -0.4 is 0 Å². The Kier molecular flexibility index (Phi) is 2.93. The van der Waals surface area contributed by atoms with E-state index in [-0.39, 0.29) is 0 Å². The van der Waals surface area contributed by atoms with Crippen LogP contribution in [-0.2, 0) is 10.7 Å². The van der Waals surface area contributed by atoms with Gasteiger partial charge >= 0.3 is 0 Å². The fourth-order valence-electron chi connectivity index (χ4n) is 2.42. The van der Waals surface area contributed by atoms with Gasteiger partial charge in [0.2, 0.25) is 0 Å². The maximum absolute atomic E-state index is 12.5. The quantitative estimate of drug-likeness (QED) is 0.702. The first-order valence-electron chi connectivity index (χ1n) is 5.45. The minimum atomic E-state index is -0.839. The maximum atomic E-state index is 12.5. The van der Waals surface area contributed by atoms with Gasteiger partial charge in [-0.3, -0.25) is 0 Å². The number of hydrogen-bond donors (Lipinski definition) is 0. The minimum Gasteiger partial charge on any atom is -0.223 e. The van der Waals surface area contributed by atoms with Crippen molar-refractivity contribution in [3.05, 3.63) is 22.4 Å². The Labute approximate surface area is 89.8 Å². The summed E-state index contributed by atoms with van der Waals surface area (Å²) >= 11 is 1.61. The van der Waals surface area contributed by atoms with Crippen molar-refractivity contribution in [2.24, 2.45) is 5.92 Å². The molecule has 1 atom stereocenters. The van der Waals surface area contributed by atoms with E-state index >= 15 is 0 Å². The maximum Gasteiger partial charge on any atom is 0.138 e. The van der Waals surface area contributed by atoms with Crippen LogP contribution in [-0.4, -0.2) is 0 Å². The second-order valence-corrected chi connectivity index (χ2v) is 5.37. The zero-order chi connectivity index (χ0) is 10.0. The normalized spacial score (nSPS) is 23.3. The molecule has 0 N–H and O–H groups in total. The molecule has 14 heavy (non-hydrogen) atoms. The molecule has 1 saturated carbocycles. The molecule has 1 aromatic heterocycles. The van der Waals surface area contributed by atoms with Gasteiger partial charge in [0.1, 0.15) is 5.60 Å². The smallest absolute Gasteiger partial charge is 0.138 e. The molecule has 0 spiro atoms. The Hall–Kier alpha value is -0.340. The van der Waals surface area contributed by atoms with E-state index in [2.05, 4.69) is 0 Å². The van der Waals surface area contributed by atoms with Gasteiger partial charge in [0.15, 0.2) is 0 Å². The Morgan fingerprint density at radius 3 is 2.64 bits per heavy atom. The topological polar surface area (TPSA) is 19.9 Å². The van der Waals surface area contributed by atoms with Gasteiger partial charge in [0.25, 0.3) is 0 Å². The predicted molar refractivity (Wildman–Crippen MR) is 58.9 cm³/mol. The lowest BCUT2D eigenvalue weighted by Gasteiger charge is -2.32. The average Bonchev–Trinajstić information content (AvgIpc) is 2.72. The van der Waals surface area contributed by atoms with Crippen molar-refractivity contribution in [1.29, 1.82) is 0 Å². The summed E-state index contributed by atoms with van der Waals surface area (Å²) in [6, 6.07) is 3.98. The van der Waals surface area contributed by atoms with Crippen LogP contribution in [0.5, 0.6) is 0 Å². The van der Waals surface area contributed by atoms with E-state index in [1.54, 1.807) is 11.3 Å². The first-order valence-corrected chi connectivity index (χ1v) is 6.33. The molecule has 1 aromatic rings. The van der Waals surface area contributed by atoms with Gasteiger partial charge in [0, 0.05) is 4.88 Å². The van der Waals surface area contributed by atoms with Crippen LogP contribution in [0.25, 0.3) is 0 Å². The average molecular weight is 209 g/mol. The van der Waals surface area contributed by atoms with Crippen molar-refractivity contribution >= 4 is 11.3 Å². The molecule has 1 aliphatic rings. The Balaban J connectivity index is 2.14. The van der Waals surface area contributed by atoms with Crippen molar-refractivity contribution < 1.29 is 5.11 Å². The van der Waals surface area contributed by atoms with Crippen molar-refractivity contribution in [3.8, 4) is 0 Å². The van der Waals surface area contributed by atoms with E-state index in [1.807, 2.05) is 24.4 Å². The first-order chi connectivity index (χ1) is 6.71. The summed E-state index contributed by atoms with van der Waals surface area (Å²) in [6.45, 7) is 1.87. The molecule has 2 rings (SSSR count). The lowest BCUT2D eigenvalue weighted by molar-refractivity contribution is -0.0775. The van der Waals surface area contributed by atoms with Crippen LogP contribution in [0.4, 0.5) is 0 Å². The molecular weight excluding hydrogens is 192 g/mol. The van der Waals surface area contributed by atoms with Crippen LogP contribution in [0.1, 0.15) is 43.9 Å². The fraction of sp³-hybridized carbons (Fsp3) is 0.667. The van der Waals surface area contributed by atoms with E-state index in [4.69, 9.17) is 0 Å². The molecule has 2 heteroatoms. The van der Waals surface area contributed by atoms with Crippen molar-refractivity contribution in [1.82, 2.24) is 0 Å². The molecule has 0 bridgehead atoms. The lowest BCUT2D eigenvalue weighted by Crippen LogP contribution is -2.31. The van der Waals surface area contributed by atoms with Crippen molar-refractivity contribution in [2.45, 2.75) is 44.6 Å². The molecule has 0 aliphatic heterocycles. The Bertz CT molecular complexity index is 271. The largest absolute Gasteiger partial charge is 0.223 e. The van der Waals surface area contributed by atoms with Crippen LogP contribution >= 0.6 is 11.3 Å². The summed E-state index contributed by atoms with van der Waals surface area (Å²) in [5.41, 5.74) is -0.839. The summed E-state index contributed by atoms with van der Waals surface area (Å²) in [7, 11) is 0. The SMILES string of the molecule is CC([O])(c1cccs1)C1CCCCC1. The van der Waals surface area contributed by atoms with Gasteiger partial charge in [-0.15, -0.1) is 11.3 Å². The highest BCUT2D eigenvalue weighted by molar-refractivity contribution is 7.10. The second-order valence-electron chi connectivity index (χ2n) is 4.42. The molecule has 77 valence electrons. The molecule has 1 heterocycles. The Morgan fingerprint density at radius 2 is 2.07 bits per heavy atom. The zero-order valence-corrected chi connectivity index (χ0v) is 9.48. The fourth-order valence-corrected chi connectivity index (χ4v) is 3.28. The lowest BCUT2D eigenvalue weighted by atomic mass is 9.77. The van der Waals surface area contributed by atoms with E-state index in [9.17, 15) is 5.11 Å². The van der Waals surface area contributed by atoms with Crippen LogP contribution in [0.2, 0.25) is 0 Å². The van der Waals surface area contributed by atoms with E-state index in [0.29, 0.717) is 5.92 Å². The molecule has 1 nitrogen and oxygen atoms in total. The van der Waals surface area contributed by atoms with E-state index in [1.165, 1.54) is 19.3 Å². The number of thiophene rings is 1. The summed E-state index contributed by atoms with van der Waals surface area (Å²) < 4.78 is 0. The molecule has 0 aromatic carbocycles. The highest BCUT2D eigenvalue weighted by atomic mass is 32.1. The zero-order valence-electron chi connectivity index (χ0n) is 8.66. The van der Waals surface area contributed by atoms with Crippen molar-refractivity contribution in [3.63, 3.8) is 0 Å². The summed E-state index contributed by atoms with van der Waals surface area (Å²) in [5.74, 6) is 0.356. The van der Waals surface area contributed by atoms with Crippen molar-refractivity contribution in [2.75, 3.05) is 0 Å². The first kappa shape index (κ1) is 10.2. The molecule has 0 saturated heterocycles. The minimum absolute atomic E-state index is 0.356. The third-order valence-electron chi connectivity index (χ3n) is 3.39. The monoisotopic (exact) mass is 209 g/mol. The van der Waals surface area contributed by atoms with Gasteiger partial charge in [-0.1, -0.05) is 25.3 Å². The molecular formula is C12H17OS. The van der Waals surface area contributed by atoms with Gasteiger partial charge < -0.3 is 0 Å². The predicted octanol–water partition coefficient (Wildman–Crippen LogP) is 3.97. The van der Waals surface area contributed by atoms with E-state index < -0.39 is 5.60 Å². The van der Waals surface area contributed by atoms with Gasteiger partial charge in [0.05, 0.1) is 0 Å². The molecule has 0 amide bonds. The van der Waals surface area contributed by atoms with Crippen LogP contribution in [0.15, 0.2) is 17.5 Å². The molecule has 1 radical (unpaired) electrons. The van der Waals surface area contributed by atoms with E-state index in [0.717, 1.165) is 17.7 Å². The highest BCUT2D eigenvalue weighted by Crippen LogP contribution is 2.41. The summed E-state index contributed by atoms with van der Waals surface area (Å²) in [6.07, 6.45) is 6.05. The van der Waals surface area contributed by atoms with Gasteiger partial charge in [-0.2, -0.15) is 0 Å². The van der Waals surface area contributed by atoms with Gasteiger partial charge in [-0.25, -0.2) is 5.11 Å². The summed E-state index contributed by atoms with van der Waals surface area (Å²) in [5, 5.41) is 14.5. The standard InChI is InChI=1S/C12H17OS/c1-12(13,11-8-5-9-14-11)10-6-3-2-4-7-10/h5,8-10H,2-4,6-7H2,1H3. The van der Waals surface area contributed by atoms with Crippen LogP contribution in [0, 0.1) is 5.92 Å². The molecule has 1 aliphatic carbocycles. The third-order valence-corrected chi connectivity index (χ3v) is 4.48. The second kappa shape index (κ2) is 4.03. The van der Waals surface area contributed by atoms with Crippen LogP contribution in [0.3, 0.4) is 0 Å². The highest BCUT2D eigenvalue weighted by Gasteiger charge is 2.36. The Morgan fingerprint density at radius 1 is 1.36 bits per heavy atom. The van der Waals surface area contributed by atoms with Gasteiger partial charge in [-0.05, 0) is 37.1 Å². The molecule has 1 fully saturated rings. The summed E-state index contributed by atoms with van der Waals surface area (Å²) in [4.78, 5) is 1.02. The molecule has 1 unspecified atom stereocenters.